The van der Waals surface area contributed by atoms with E-state index in [1.54, 1.807) is 31.7 Å². The van der Waals surface area contributed by atoms with Crippen LogP contribution in [-0.2, 0) is 4.79 Å². The lowest BCUT2D eigenvalue weighted by molar-refractivity contribution is -0.129. The summed E-state index contributed by atoms with van der Waals surface area (Å²) in [5.41, 5.74) is 1.69. The average molecular weight is 284 g/mol. The molecule has 3 rings (SSSR count). The molecule has 0 radical (unpaired) electrons. The van der Waals surface area contributed by atoms with Gasteiger partial charge in [-0.05, 0) is 13.0 Å². The summed E-state index contributed by atoms with van der Waals surface area (Å²) in [5, 5.41) is 12.1. The molecule has 1 N–H and O–H groups in total. The summed E-state index contributed by atoms with van der Waals surface area (Å²) in [6.45, 7) is 1.79. The first kappa shape index (κ1) is 13.3. The normalized spacial score (nSPS) is 12.5. The van der Waals surface area contributed by atoms with E-state index >= 15 is 0 Å². The van der Waals surface area contributed by atoms with Crippen LogP contribution < -0.4 is 5.32 Å². The first-order valence-electron chi connectivity index (χ1n) is 6.65. The lowest BCUT2D eigenvalue weighted by atomic mass is 10.2. The molecule has 0 aliphatic heterocycles. The molecule has 1 atom stereocenters. The molecule has 0 saturated carbocycles. The highest BCUT2D eigenvalue weighted by Gasteiger charge is 2.17. The Morgan fingerprint density at radius 1 is 1.33 bits per heavy atom. The van der Waals surface area contributed by atoms with Crippen molar-refractivity contribution in [1.29, 1.82) is 0 Å². The van der Waals surface area contributed by atoms with Crippen molar-refractivity contribution in [2.24, 2.45) is 0 Å². The number of nitrogens with zero attached hydrogens (tertiary/aromatic N) is 5. The van der Waals surface area contributed by atoms with Gasteiger partial charge in [0.1, 0.15) is 6.04 Å². The number of hydrogen-bond acceptors (Lipinski definition) is 5. The molecule has 0 saturated heterocycles. The molecule has 0 fully saturated rings. The van der Waals surface area contributed by atoms with Crippen LogP contribution >= 0.6 is 0 Å². The number of aromatic nitrogens is 4. The second-order valence-electron chi connectivity index (χ2n) is 5.08. The molecule has 1 aromatic carbocycles. The maximum absolute atomic E-state index is 12.0. The van der Waals surface area contributed by atoms with Crippen LogP contribution in [0.4, 0.5) is 5.95 Å². The fourth-order valence-corrected chi connectivity index (χ4v) is 2.26. The maximum Gasteiger partial charge on any atom is 0.244 e. The number of carbonyl (C=O) groups is 1. The van der Waals surface area contributed by atoms with Crippen molar-refractivity contribution < 1.29 is 4.79 Å². The van der Waals surface area contributed by atoms with Crippen LogP contribution in [0.2, 0.25) is 0 Å². The third kappa shape index (κ3) is 2.26. The Morgan fingerprint density at radius 2 is 2.10 bits per heavy atom. The Labute approximate surface area is 121 Å². The predicted molar refractivity (Wildman–Crippen MR) is 80.1 cm³/mol. The molecule has 7 nitrogen and oxygen atoms in total. The molecule has 0 aliphatic rings. The SMILES string of the molecule is C[C@@H](Nc1nc2ccccc2c2cnnn12)C(=O)N(C)C. The van der Waals surface area contributed by atoms with Crippen molar-refractivity contribution in [3.63, 3.8) is 0 Å². The van der Waals surface area contributed by atoms with E-state index < -0.39 is 6.04 Å². The van der Waals surface area contributed by atoms with E-state index in [2.05, 4.69) is 20.6 Å². The van der Waals surface area contributed by atoms with E-state index in [0.29, 0.717) is 5.95 Å². The number of nitrogens with one attached hydrogen (secondary N) is 1. The molecule has 0 spiro atoms. The van der Waals surface area contributed by atoms with Crippen molar-refractivity contribution in [2.75, 3.05) is 19.4 Å². The summed E-state index contributed by atoms with van der Waals surface area (Å²) in [4.78, 5) is 18.1. The van der Waals surface area contributed by atoms with Crippen LogP contribution in [-0.4, -0.2) is 50.8 Å². The van der Waals surface area contributed by atoms with Gasteiger partial charge in [-0.1, -0.05) is 23.4 Å². The monoisotopic (exact) mass is 284 g/mol. The van der Waals surface area contributed by atoms with Crippen LogP contribution in [0, 0.1) is 0 Å². The smallest absolute Gasteiger partial charge is 0.244 e. The summed E-state index contributed by atoms with van der Waals surface area (Å²) in [6, 6.07) is 7.36. The minimum atomic E-state index is -0.402. The zero-order chi connectivity index (χ0) is 15.0. The van der Waals surface area contributed by atoms with Gasteiger partial charge in [-0.25, -0.2) is 4.98 Å². The average Bonchev–Trinajstić information content (AvgIpc) is 2.96. The minimum Gasteiger partial charge on any atom is -0.347 e. The van der Waals surface area contributed by atoms with Crippen molar-refractivity contribution in [1.82, 2.24) is 24.7 Å². The third-order valence-electron chi connectivity index (χ3n) is 3.31. The zero-order valence-electron chi connectivity index (χ0n) is 12.1. The highest BCUT2D eigenvalue weighted by atomic mass is 16.2. The van der Waals surface area contributed by atoms with Gasteiger partial charge in [-0.2, -0.15) is 4.52 Å². The molecular formula is C14H16N6O. The Kier molecular flexibility index (Phi) is 3.17. The zero-order valence-corrected chi connectivity index (χ0v) is 12.1. The molecule has 0 bridgehead atoms. The molecule has 0 aliphatic carbocycles. The van der Waals surface area contributed by atoms with E-state index in [0.717, 1.165) is 16.4 Å². The largest absolute Gasteiger partial charge is 0.347 e. The Hall–Kier alpha value is -2.70. The van der Waals surface area contributed by atoms with Crippen LogP contribution in [0.5, 0.6) is 0 Å². The van der Waals surface area contributed by atoms with Crippen molar-refractivity contribution in [2.45, 2.75) is 13.0 Å². The molecule has 1 amide bonds. The molecule has 108 valence electrons. The van der Waals surface area contributed by atoms with Crippen LogP contribution in [0.1, 0.15) is 6.92 Å². The predicted octanol–water partition coefficient (Wildman–Crippen LogP) is 1.17. The number of amides is 1. The molecule has 0 unspecified atom stereocenters. The molecule has 7 heteroatoms. The highest BCUT2D eigenvalue weighted by Crippen LogP contribution is 2.20. The minimum absolute atomic E-state index is 0.0294. The number of likely N-dealkylation sites (N-methyl/N-ethyl adjacent to an activating group) is 1. The van der Waals surface area contributed by atoms with Crippen molar-refractivity contribution in [3.05, 3.63) is 30.5 Å². The molecule has 3 aromatic rings. The van der Waals surface area contributed by atoms with Gasteiger partial charge >= 0.3 is 0 Å². The number of para-hydroxylation sites is 1. The Balaban J connectivity index is 2.08. The fourth-order valence-electron chi connectivity index (χ4n) is 2.26. The van der Waals surface area contributed by atoms with Crippen LogP contribution in [0.25, 0.3) is 16.4 Å². The van der Waals surface area contributed by atoms with E-state index in [-0.39, 0.29) is 5.91 Å². The topological polar surface area (TPSA) is 75.4 Å². The van der Waals surface area contributed by atoms with Crippen molar-refractivity contribution >= 4 is 28.3 Å². The summed E-state index contributed by atoms with van der Waals surface area (Å²) in [6.07, 6.45) is 1.69. The van der Waals surface area contributed by atoms with Gasteiger partial charge in [0.15, 0.2) is 0 Å². The molecule has 2 heterocycles. The number of carbonyl (C=O) groups excluding carboxylic acids is 1. The van der Waals surface area contributed by atoms with Gasteiger partial charge in [0.05, 0.1) is 17.2 Å². The van der Waals surface area contributed by atoms with Gasteiger partial charge in [0, 0.05) is 19.5 Å². The molecule has 21 heavy (non-hydrogen) atoms. The first-order chi connectivity index (χ1) is 10.1. The summed E-state index contributed by atoms with van der Waals surface area (Å²) in [5.74, 6) is 0.474. The van der Waals surface area contributed by atoms with Gasteiger partial charge in [0.25, 0.3) is 0 Å². The number of anilines is 1. The van der Waals surface area contributed by atoms with Gasteiger partial charge < -0.3 is 10.2 Å². The fraction of sp³-hybridized carbons (Fsp3) is 0.286. The quantitative estimate of drug-likeness (QED) is 0.781. The number of fused-ring (bicyclic) bond motifs is 3. The van der Waals surface area contributed by atoms with Gasteiger partial charge in [-0.15, -0.1) is 5.10 Å². The highest BCUT2D eigenvalue weighted by molar-refractivity contribution is 5.94. The lowest BCUT2D eigenvalue weighted by Crippen LogP contribution is -2.37. The van der Waals surface area contributed by atoms with Gasteiger partial charge in [-0.3, -0.25) is 4.79 Å². The van der Waals surface area contributed by atoms with Crippen molar-refractivity contribution in [3.8, 4) is 0 Å². The van der Waals surface area contributed by atoms with E-state index in [1.165, 1.54) is 4.90 Å². The Morgan fingerprint density at radius 3 is 2.86 bits per heavy atom. The summed E-state index contributed by atoms with van der Waals surface area (Å²) in [7, 11) is 3.44. The number of hydrogen-bond donors (Lipinski definition) is 1. The van der Waals surface area contributed by atoms with Crippen LogP contribution in [0.3, 0.4) is 0 Å². The summed E-state index contributed by atoms with van der Waals surface area (Å²) < 4.78 is 1.61. The second-order valence-corrected chi connectivity index (χ2v) is 5.08. The third-order valence-corrected chi connectivity index (χ3v) is 3.31. The second kappa shape index (κ2) is 5.01. The molecule has 2 aromatic heterocycles. The standard InChI is InChI=1S/C14H16N6O/c1-9(13(21)19(2)3)16-14-17-11-7-5-4-6-10(11)12-8-15-18-20(12)14/h4-9H,1-3H3,(H,16,17)/t9-/m1/s1. The molecular weight excluding hydrogens is 268 g/mol. The van der Waals surface area contributed by atoms with E-state index in [9.17, 15) is 4.79 Å². The first-order valence-corrected chi connectivity index (χ1v) is 6.65. The Bertz CT molecular complexity index is 809. The lowest BCUT2D eigenvalue weighted by Gasteiger charge is -2.18. The van der Waals surface area contributed by atoms with E-state index in [1.807, 2.05) is 24.3 Å². The number of rotatable bonds is 3. The number of benzene rings is 1. The van der Waals surface area contributed by atoms with Crippen LogP contribution in [0.15, 0.2) is 30.5 Å². The van der Waals surface area contributed by atoms with Gasteiger partial charge in [0.2, 0.25) is 11.9 Å². The summed E-state index contributed by atoms with van der Waals surface area (Å²) >= 11 is 0. The van der Waals surface area contributed by atoms with E-state index in [4.69, 9.17) is 0 Å². The maximum atomic E-state index is 12.0.